The third kappa shape index (κ3) is 3.49. The van der Waals surface area contributed by atoms with Gasteiger partial charge in [0.1, 0.15) is 6.17 Å². The standard InChI is InChI=1S/C15H18FN3O6S/c16-12-9-17(15(20)21)7-10(12)8-18(11-5-6-11)26(24,25)14-4-2-1-3-13(14)19(22)23/h1-4,10-12H,5-9H2,(H,20,21)/t10-,12-/m0/s1. The van der Waals surface area contributed by atoms with Crippen molar-refractivity contribution in [2.75, 3.05) is 19.6 Å². The largest absolute Gasteiger partial charge is 0.465 e. The zero-order chi connectivity index (χ0) is 19.1. The molecule has 0 radical (unpaired) electrons. The number of carboxylic acid groups (broad SMARTS) is 1. The van der Waals surface area contributed by atoms with Gasteiger partial charge in [-0.3, -0.25) is 10.1 Å². The number of halogens is 1. The Morgan fingerprint density at radius 2 is 2.00 bits per heavy atom. The van der Waals surface area contributed by atoms with Gasteiger partial charge < -0.3 is 10.0 Å². The highest BCUT2D eigenvalue weighted by Crippen LogP contribution is 2.36. The molecular weight excluding hydrogens is 369 g/mol. The number of likely N-dealkylation sites (tertiary alicyclic amines) is 1. The molecule has 1 aliphatic carbocycles. The van der Waals surface area contributed by atoms with Crippen LogP contribution in [-0.4, -0.2) is 65.6 Å². The fourth-order valence-electron chi connectivity index (χ4n) is 3.15. The Hall–Kier alpha value is -2.27. The van der Waals surface area contributed by atoms with E-state index in [1.165, 1.54) is 12.1 Å². The van der Waals surface area contributed by atoms with Gasteiger partial charge in [0.05, 0.1) is 11.5 Å². The first-order valence-corrected chi connectivity index (χ1v) is 9.53. The van der Waals surface area contributed by atoms with E-state index in [0.29, 0.717) is 12.8 Å². The average molecular weight is 387 g/mol. The number of sulfonamides is 1. The third-order valence-corrected chi connectivity index (χ3v) is 6.61. The molecule has 1 saturated carbocycles. The van der Waals surface area contributed by atoms with Crippen LogP contribution in [0.4, 0.5) is 14.9 Å². The van der Waals surface area contributed by atoms with Gasteiger partial charge in [0, 0.05) is 31.1 Å². The minimum atomic E-state index is -4.20. The van der Waals surface area contributed by atoms with Crippen molar-refractivity contribution >= 4 is 21.8 Å². The molecule has 26 heavy (non-hydrogen) atoms. The number of alkyl halides is 1. The first-order chi connectivity index (χ1) is 12.2. The number of hydrogen-bond donors (Lipinski definition) is 1. The van der Waals surface area contributed by atoms with Crippen LogP contribution in [0, 0.1) is 16.0 Å². The summed E-state index contributed by atoms with van der Waals surface area (Å²) in [5.41, 5.74) is -0.534. The molecule has 0 unspecified atom stereocenters. The van der Waals surface area contributed by atoms with Crippen molar-refractivity contribution in [3.8, 4) is 0 Å². The van der Waals surface area contributed by atoms with E-state index in [9.17, 15) is 27.7 Å². The molecule has 1 amide bonds. The summed E-state index contributed by atoms with van der Waals surface area (Å²) >= 11 is 0. The molecule has 1 aromatic rings. The summed E-state index contributed by atoms with van der Waals surface area (Å²) in [6, 6.07) is 4.69. The number of benzene rings is 1. The smallest absolute Gasteiger partial charge is 0.407 e. The lowest BCUT2D eigenvalue weighted by atomic mass is 10.1. The van der Waals surface area contributed by atoms with E-state index in [4.69, 9.17) is 5.11 Å². The van der Waals surface area contributed by atoms with E-state index in [1.54, 1.807) is 0 Å². The molecule has 142 valence electrons. The Morgan fingerprint density at radius 3 is 2.54 bits per heavy atom. The monoisotopic (exact) mass is 387 g/mol. The van der Waals surface area contributed by atoms with E-state index < -0.39 is 43.7 Å². The number of carbonyl (C=O) groups is 1. The fourth-order valence-corrected chi connectivity index (χ4v) is 5.05. The van der Waals surface area contributed by atoms with Gasteiger partial charge in [-0.2, -0.15) is 4.31 Å². The molecule has 1 aromatic carbocycles. The molecule has 1 aliphatic heterocycles. The molecule has 0 bridgehead atoms. The van der Waals surface area contributed by atoms with E-state index in [2.05, 4.69) is 0 Å². The molecule has 2 fully saturated rings. The average Bonchev–Trinajstić information content (AvgIpc) is 3.35. The number of nitrogens with zero attached hydrogens (tertiary/aromatic N) is 3. The van der Waals surface area contributed by atoms with Gasteiger partial charge in [-0.1, -0.05) is 12.1 Å². The van der Waals surface area contributed by atoms with Crippen LogP contribution in [-0.2, 0) is 10.0 Å². The van der Waals surface area contributed by atoms with Crippen molar-refractivity contribution in [2.45, 2.75) is 30.0 Å². The zero-order valence-corrected chi connectivity index (χ0v) is 14.5. The van der Waals surface area contributed by atoms with Gasteiger partial charge in [0.15, 0.2) is 4.90 Å². The summed E-state index contributed by atoms with van der Waals surface area (Å²) < 4.78 is 41.3. The predicted octanol–water partition coefficient (Wildman–Crippen LogP) is 1.70. The van der Waals surface area contributed by atoms with Crippen LogP contribution in [0.1, 0.15) is 12.8 Å². The molecule has 0 spiro atoms. The van der Waals surface area contributed by atoms with E-state index in [-0.39, 0.29) is 25.7 Å². The molecule has 2 aliphatic rings. The van der Waals surface area contributed by atoms with E-state index in [1.807, 2.05) is 0 Å². The first kappa shape index (κ1) is 18.5. The van der Waals surface area contributed by atoms with Crippen molar-refractivity contribution in [1.82, 2.24) is 9.21 Å². The van der Waals surface area contributed by atoms with Gasteiger partial charge in [-0.05, 0) is 18.9 Å². The number of rotatable bonds is 6. The van der Waals surface area contributed by atoms with Crippen LogP contribution in [0.3, 0.4) is 0 Å². The third-order valence-electron chi connectivity index (χ3n) is 4.65. The molecule has 1 saturated heterocycles. The predicted molar refractivity (Wildman–Crippen MR) is 88.0 cm³/mol. The van der Waals surface area contributed by atoms with Gasteiger partial charge >= 0.3 is 6.09 Å². The maximum atomic E-state index is 14.2. The van der Waals surface area contributed by atoms with Crippen LogP contribution >= 0.6 is 0 Å². The van der Waals surface area contributed by atoms with Crippen LogP contribution in [0.25, 0.3) is 0 Å². The summed E-state index contributed by atoms with van der Waals surface area (Å²) in [7, 11) is -4.20. The maximum Gasteiger partial charge on any atom is 0.407 e. The number of amides is 1. The molecule has 11 heteroatoms. The Morgan fingerprint density at radius 1 is 1.35 bits per heavy atom. The van der Waals surface area contributed by atoms with Crippen LogP contribution < -0.4 is 0 Å². The fraction of sp³-hybridized carbons (Fsp3) is 0.533. The number of hydrogen-bond acceptors (Lipinski definition) is 5. The van der Waals surface area contributed by atoms with Crippen LogP contribution in [0.5, 0.6) is 0 Å². The van der Waals surface area contributed by atoms with E-state index in [0.717, 1.165) is 21.3 Å². The minimum absolute atomic E-state index is 0.105. The van der Waals surface area contributed by atoms with Crippen molar-refractivity contribution in [3.63, 3.8) is 0 Å². The Balaban J connectivity index is 1.89. The summed E-state index contributed by atoms with van der Waals surface area (Å²) in [4.78, 5) is 21.9. The van der Waals surface area contributed by atoms with Gasteiger partial charge in [0.25, 0.3) is 5.69 Å². The summed E-state index contributed by atoms with van der Waals surface area (Å²) in [6.07, 6.45) is -1.55. The minimum Gasteiger partial charge on any atom is -0.465 e. The second-order valence-corrected chi connectivity index (χ2v) is 8.35. The summed E-state index contributed by atoms with van der Waals surface area (Å²) in [6.45, 7) is -0.611. The number of para-hydroxylation sites is 1. The Kier molecular flexibility index (Phi) is 4.84. The Labute approximate surface area is 149 Å². The van der Waals surface area contributed by atoms with Crippen LogP contribution in [0.15, 0.2) is 29.2 Å². The molecule has 1 N–H and O–H groups in total. The Bertz CT molecular complexity index is 828. The molecular formula is C15H18FN3O6S. The van der Waals surface area contributed by atoms with Gasteiger partial charge in [-0.15, -0.1) is 0 Å². The highest BCUT2D eigenvalue weighted by atomic mass is 32.2. The quantitative estimate of drug-likeness (QED) is 0.586. The molecule has 9 nitrogen and oxygen atoms in total. The van der Waals surface area contributed by atoms with Crippen molar-refractivity contribution < 1.29 is 27.6 Å². The van der Waals surface area contributed by atoms with Gasteiger partial charge in [-0.25, -0.2) is 17.6 Å². The number of nitro groups is 1. The van der Waals surface area contributed by atoms with Gasteiger partial charge in [0.2, 0.25) is 10.0 Å². The lowest BCUT2D eigenvalue weighted by Crippen LogP contribution is -2.40. The molecule has 1 heterocycles. The SMILES string of the molecule is O=C(O)N1C[C@@H](CN(C2CC2)S(=O)(=O)c2ccccc2[N+](=O)[O-])[C@@H](F)C1. The highest BCUT2D eigenvalue weighted by Gasteiger charge is 2.45. The highest BCUT2D eigenvalue weighted by molar-refractivity contribution is 7.89. The normalized spacial score (nSPS) is 23.4. The maximum absolute atomic E-state index is 14.2. The zero-order valence-electron chi connectivity index (χ0n) is 13.7. The summed E-state index contributed by atoms with van der Waals surface area (Å²) in [5, 5.41) is 20.2. The second kappa shape index (κ2) is 6.80. The summed E-state index contributed by atoms with van der Waals surface area (Å²) in [5.74, 6) is -0.802. The number of nitro benzene ring substituents is 1. The van der Waals surface area contributed by atoms with Crippen molar-refractivity contribution in [3.05, 3.63) is 34.4 Å². The topological polar surface area (TPSA) is 121 Å². The van der Waals surface area contributed by atoms with Crippen molar-refractivity contribution in [1.29, 1.82) is 0 Å². The lowest BCUT2D eigenvalue weighted by Gasteiger charge is -2.25. The van der Waals surface area contributed by atoms with Crippen LogP contribution in [0.2, 0.25) is 0 Å². The molecule has 2 atom stereocenters. The van der Waals surface area contributed by atoms with E-state index >= 15 is 0 Å². The van der Waals surface area contributed by atoms with Crippen molar-refractivity contribution in [2.24, 2.45) is 5.92 Å². The first-order valence-electron chi connectivity index (χ1n) is 8.09. The molecule has 0 aromatic heterocycles. The lowest BCUT2D eigenvalue weighted by molar-refractivity contribution is -0.387. The molecule has 3 rings (SSSR count). The second-order valence-electron chi connectivity index (χ2n) is 6.49.